The summed E-state index contributed by atoms with van der Waals surface area (Å²) in [4.78, 5) is 2.36. The molecule has 1 saturated heterocycles. The number of rotatable bonds is 3. The summed E-state index contributed by atoms with van der Waals surface area (Å²) >= 11 is 0. The molecule has 0 saturated carbocycles. The fourth-order valence-electron chi connectivity index (χ4n) is 2.42. The van der Waals surface area contributed by atoms with Gasteiger partial charge in [0.25, 0.3) is 0 Å². The fourth-order valence-corrected chi connectivity index (χ4v) is 2.42. The number of nitrogens with one attached hydrogen (secondary N) is 2. The standard InChI is InChI=1S/C14H18N4O/c1-19-12-4-2-3-11(9-12)14-13(10-16-17-14)18-7-5-15-6-8-18/h2-4,9-10,15H,5-8H2,1H3,(H,16,17). The van der Waals surface area contributed by atoms with Crippen LogP contribution in [0.3, 0.4) is 0 Å². The fraction of sp³-hybridized carbons (Fsp3) is 0.357. The van der Waals surface area contributed by atoms with Crippen molar-refractivity contribution in [1.29, 1.82) is 0 Å². The number of piperazine rings is 1. The number of hydrogen-bond acceptors (Lipinski definition) is 4. The van der Waals surface area contributed by atoms with Gasteiger partial charge in [-0.25, -0.2) is 0 Å². The first kappa shape index (κ1) is 12.0. The van der Waals surface area contributed by atoms with E-state index in [0.29, 0.717) is 0 Å². The van der Waals surface area contributed by atoms with Crippen LogP contribution in [0.25, 0.3) is 11.3 Å². The van der Waals surface area contributed by atoms with Crippen molar-refractivity contribution in [3.63, 3.8) is 0 Å². The normalized spacial score (nSPS) is 15.5. The molecule has 1 aliphatic heterocycles. The van der Waals surface area contributed by atoms with Crippen LogP contribution in [-0.2, 0) is 0 Å². The van der Waals surface area contributed by atoms with Gasteiger partial charge < -0.3 is 15.0 Å². The van der Waals surface area contributed by atoms with E-state index in [1.54, 1.807) is 7.11 Å². The summed E-state index contributed by atoms with van der Waals surface area (Å²) in [6.07, 6.45) is 1.90. The molecule has 5 heteroatoms. The molecule has 0 atom stereocenters. The maximum Gasteiger partial charge on any atom is 0.119 e. The Morgan fingerprint density at radius 3 is 2.89 bits per heavy atom. The van der Waals surface area contributed by atoms with Crippen molar-refractivity contribution in [2.24, 2.45) is 0 Å². The van der Waals surface area contributed by atoms with E-state index in [-0.39, 0.29) is 0 Å². The van der Waals surface area contributed by atoms with Crippen molar-refractivity contribution >= 4 is 5.69 Å². The van der Waals surface area contributed by atoms with Crippen molar-refractivity contribution in [2.45, 2.75) is 0 Å². The van der Waals surface area contributed by atoms with Crippen molar-refractivity contribution in [1.82, 2.24) is 15.5 Å². The molecule has 0 unspecified atom stereocenters. The van der Waals surface area contributed by atoms with Crippen molar-refractivity contribution in [3.05, 3.63) is 30.5 Å². The third-order valence-corrected chi connectivity index (χ3v) is 3.44. The zero-order valence-corrected chi connectivity index (χ0v) is 11.0. The maximum atomic E-state index is 5.28. The molecule has 19 heavy (non-hydrogen) atoms. The van der Waals surface area contributed by atoms with E-state index in [2.05, 4.69) is 26.5 Å². The van der Waals surface area contributed by atoms with Crippen LogP contribution in [0.5, 0.6) is 5.75 Å². The molecule has 0 radical (unpaired) electrons. The van der Waals surface area contributed by atoms with Gasteiger partial charge >= 0.3 is 0 Å². The first-order chi connectivity index (χ1) is 9.38. The van der Waals surface area contributed by atoms with E-state index in [1.165, 1.54) is 0 Å². The Morgan fingerprint density at radius 1 is 1.26 bits per heavy atom. The first-order valence-corrected chi connectivity index (χ1v) is 6.52. The maximum absolute atomic E-state index is 5.28. The van der Waals surface area contributed by atoms with E-state index >= 15 is 0 Å². The summed E-state index contributed by atoms with van der Waals surface area (Å²) in [5.41, 5.74) is 3.32. The Bertz CT molecular complexity index is 546. The van der Waals surface area contributed by atoms with Gasteiger partial charge in [-0.15, -0.1) is 0 Å². The molecule has 0 spiro atoms. The molecule has 2 heterocycles. The highest BCUT2D eigenvalue weighted by Crippen LogP contribution is 2.30. The number of nitrogens with zero attached hydrogens (tertiary/aromatic N) is 2. The quantitative estimate of drug-likeness (QED) is 0.876. The van der Waals surface area contributed by atoms with Crippen LogP contribution >= 0.6 is 0 Å². The van der Waals surface area contributed by atoms with Crippen LogP contribution in [0.4, 0.5) is 5.69 Å². The summed E-state index contributed by atoms with van der Waals surface area (Å²) in [5, 5.41) is 10.7. The molecule has 1 aromatic heterocycles. The molecule has 0 aliphatic carbocycles. The number of ether oxygens (including phenoxy) is 1. The highest BCUT2D eigenvalue weighted by Gasteiger charge is 2.17. The minimum absolute atomic E-state index is 0.860. The third-order valence-electron chi connectivity index (χ3n) is 3.44. The van der Waals surface area contributed by atoms with Crippen LogP contribution < -0.4 is 15.0 Å². The average Bonchev–Trinajstić information content (AvgIpc) is 2.98. The van der Waals surface area contributed by atoms with Crippen LogP contribution in [0.1, 0.15) is 0 Å². The minimum Gasteiger partial charge on any atom is -0.497 e. The van der Waals surface area contributed by atoms with E-state index in [0.717, 1.165) is 48.9 Å². The van der Waals surface area contributed by atoms with Gasteiger partial charge in [-0.05, 0) is 12.1 Å². The van der Waals surface area contributed by atoms with E-state index in [1.807, 2.05) is 24.4 Å². The molecular formula is C14H18N4O. The van der Waals surface area contributed by atoms with Crippen molar-refractivity contribution < 1.29 is 4.74 Å². The average molecular weight is 258 g/mol. The number of anilines is 1. The lowest BCUT2D eigenvalue weighted by atomic mass is 10.1. The van der Waals surface area contributed by atoms with Gasteiger partial charge in [0.1, 0.15) is 5.75 Å². The minimum atomic E-state index is 0.860. The van der Waals surface area contributed by atoms with Gasteiger partial charge in [0.2, 0.25) is 0 Å². The summed E-state index contributed by atoms with van der Waals surface area (Å²) in [6, 6.07) is 8.04. The van der Waals surface area contributed by atoms with Gasteiger partial charge in [0.05, 0.1) is 24.7 Å². The molecule has 0 bridgehead atoms. The second-order valence-corrected chi connectivity index (χ2v) is 4.60. The van der Waals surface area contributed by atoms with Gasteiger partial charge in [0, 0.05) is 31.7 Å². The molecule has 0 amide bonds. The molecular weight excluding hydrogens is 240 g/mol. The summed E-state index contributed by atoms with van der Waals surface area (Å²) < 4.78 is 5.28. The number of aromatic amines is 1. The number of benzene rings is 1. The molecule has 3 rings (SSSR count). The molecule has 1 aliphatic rings. The number of aromatic nitrogens is 2. The van der Waals surface area contributed by atoms with Crippen LogP contribution in [-0.4, -0.2) is 43.5 Å². The zero-order chi connectivity index (χ0) is 13.1. The largest absolute Gasteiger partial charge is 0.497 e. The Labute approximate surface area is 112 Å². The first-order valence-electron chi connectivity index (χ1n) is 6.52. The molecule has 2 aromatic rings. The summed E-state index contributed by atoms with van der Waals surface area (Å²) in [5.74, 6) is 0.860. The highest BCUT2D eigenvalue weighted by atomic mass is 16.5. The van der Waals surface area contributed by atoms with Gasteiger partial charge in [-0.1, -0.05) is 12.1 Å². The summed E-state index contributed by atoms with van der Waals surface area (Å²) in [6.45, 7) is 4.05. The predicted octanol–water partition coefficient (Wildman–Crippen LogP) is 1.49. The SMILES string of the molecule is COc1cccc(-c2[nH]ncc2N2CCNCC2)c1. The number of H-pyrrole nitrogens is 1. The van der Waals surface area contributed by atoms with Gasteiger partial charge in [0.15, 0.2) is 0 Å². The lowest BCUT2D eigenvalue weighted by Crippen LogP contribution is -2.43. The summed E-state index contributed by atoms with van der Waals surface area (Å²) in [7, 11) is 1.68. The topological polar surface area (TPSA) is 53.2 Å². The smallest absolute Gasteiger partial charge is 0.119 e. The molecule has 5 nitrogen and oxygen atoms in total. The van der Waals surface area contributed by atoms with Gasteiger partial charge in [-0.2, -0.15) is 5.10 Å². The van der Waals surface area contributed by atoms with Crippen LogP contribution in [0.2, 0.25) is 0 Å². The van der Waals surface area contributed by atoms with E-state index in [4.69, 9.17) is 4.74 Å². The molecule has 1 aromatic carbocycles. The Hall–Kier alpha value is -2.01. The van der Waals surface area contributed by atoms with Crippen LogP contribution in [0.15, 0.2) is 30.5 Å². The zero-order valence-electron chi connectivity index (χ0n) is 11.0. The number of hydrogen-bond donors (Lipinski definition) is 2. The van der Waals surface area contributed by atoms with Crippen LogP contribution in [0, 0.1) is 0 Å². The predicted molar refractivity (Wildman–Crippen MR) is 75.7 cm³/mol. The lowest BCUT2D eigenvalue weighted by molar-refractivity contribution is 0.415. The van der Waals surface area contributed by atoms with Gasteiger partial charge in [-0.3, -0.25) is 5.10 Å². The molecule has 100 valence electrons. The van der Waals surface area contributed by atoms with Crippen molar-refractivity contribution in [3.8, 4) is 17.0 Å². The van der Waals surface area contributed by atoms with E-state index in [9.17, 15) is 0 Å². The third kappa shape index (κ3) is 2.42. The van der Waals surface area contributed by atoms with Crippen molar-refractivity contribution in [2.75, 3.05) is 38.2 Å². The highest BCUT2D eigenvalue weighted by molar-refractivity contribution is 5.75. The monoisotopic (exact) mass is 258 g/mol. The van der Waals surface area contributed by atoms with E-state index < -0.39 is 0 Å². The Morgan fingerprint density at radius 2 is 2.11 bits per heavy atom. The number of methoxy groups -OCH3 is 1. The Balaban J connectivity index is 1.94. The molecule has 1 fully saturated rings. The molecule has 2 N–H and O–H groups in total. The second-order valence-electron chi connectivity index (χ2n) is 4.60. The second kappa shape index (κ2) is 5.32. The lowest BCUT2D eigenvalue weighted by Gasteiger charge is -2.29. The Kier molecular flexibility index (Phi) is 3.37.